The van der Waals surface area contributed by atoms with Gasteiger partial charge in [-0.15, -0.1) is 0 Å². The summed E-state index contributed by atoms with van der Waals surface area (Å²) in [6.45, 7) is 2.88. The van der Waals surface area contributed by atoms with Crippen LogP contribution in [0.3, 0.4) is 0 Å². The van der Waals surface area contributed by atoms with Crippen molar-refractivity contribution in [3.63, 3.8) is 0 Å². The SMILES string of the molecule is CCCNc1nc(-n2[se]c3ccccc3c2=O)nc2nc[nH]c12. The minimum absolute atomic E-state index is 0.0445. The van der Waals surface area contributed by atoms with Gasteiger partial charge in [0.25, 0.3) is 0 Å². The van der Waals surface area contributed by atoms with Crippen molar-refractivity contribution in [1.29, 1.82) is 0 Å². The van der Waals surface area contributed by atoms with Crippen molar-refractivity contribution in [1.82, 2.24) is 23.5 Å². The predicted molar refractivity (Wildman–Crippen MR) is 90.5 cm³/mol. The van der Waals surface area contributed by atoms with Crippen LogP contribution in [0.15, 0.2) is 35.4 Å². The van der Waals surface area contributed by atoms with E-state index < -0.39 is 0 Å². The Morgan fingerprint density at radius 1 is 1.30 bits per heavy atom. The van der Waals surface area contributed by atoms with E-state index >= 15 is 0 Å². The molecule has 1 aromatic carbocycles. The van der Waals surface area contributed by atoms with Crippen LogP contribution in [0.4, 0.5) is 5.82 Å². The van der Waals surface area contributed by atoms with Gasteiger partial charge in [0.05, 0.1) is 0 Å². The van der Waals surface area contributed by atoms with Crippen LogP contribution >= 0.6 is 0 Å². The van der Waals surface area contributed by atoms with Gasteiger partial charge >= 0.3 is 137 Å². The Labute approximate surface area is 137 Å². The van der Waals surface area contributed by atoms with E-state index in [-0.39, 0.29) is 20.3 Å². The summed E-state index contributed by atoms with van der Waals surface area (Å²) in [5, 5.41) is 4.01. The van der Waals surface area contributed by atoms with E-state index in [4.69, 9.17) is 0 Å². The molecule has 0 radical (unpaired) electrons. The first-order chi connectivity index (χ1) is 11.3. The Hall–Kier alpha value is -2.44. The van der Waals surface area contributed by atoms with Gasteiger partial charge in [-0.2, -0.15) is 0 Å². The van der Waals surface area contributed by atoms with Crippen molar-refractivity contribution < 1.29 is 0 Å². The van der Waals surface area contributed by atoms with Crippen LogP contribution in [-0.2, 0) is 0 Å². The van der Waals surface area contributed by atoms with E-state index in [1.165, 1.54) is 0 Å². The molecule has 4 rings (SSSR count). The Balaban J connectivity index is 1.93. The third-order valence-electron chi connectivity index (χ3n) is 3.49. The minimum atomic E-state index is -0.153. The fourth-order valence-corrected chi connectivity index (χ4v) is 4.35. The molecule has 3 aromatic heterocycles. The van der Waals surface area contributed by atoms with E-state index in [9.17, 15) is 4.79 Å². The molecular weight excluding hydrogens is 359 g/mol. The molecule has 0 bridgehead atoms. The van der Waals surface area contributed by atoms with Gasteiger partial charge in [0.15, 0.2) is 0 Å². The summed E-state index contributed by atoms with van der Waals surface area (Å²) < 4.78 is 2.71. The second-order valence-electron chi connectivity index (χ2n) is 5.09. The maximum atomic E-state index is 12.6. The second kappa shape index (κ2) is 5.64. The fraction of sp³-hybridized carbons (Fsp3) is 0.200. The molecule has 0 saturated heterocycles. The molecule has 0 aliphatic carbocycles. The number of fused-ring (bicyclic) bond motifs is 2. The number of anilines is 1. The van der Waals surface area contributed by atoms with Gasteiger partial charge in [0.2, 0.25) is 0 Å². The van der Waals surface area contributed by atoms with Crippen LogP contribution < -0.4 is 10.9 Å². The summed E-state index contributed by atoms with van der Waals surface area (Å²) >= 11 is -0.153. The van der Waals surface area contributed by atoms with E-state index in [0.29, 0.717) is 17.4 Å². The van der Waals surface area contributed by atoms with Crippen molar-refractivity contribution in [2.45, 2.75) is 13.3 Å². The molecule has 0 saturated carbocycles. The van der Waals surface area contributed by atoms with Gasteiger partial charge in [-0.3, -0.25) is 0 Å². The molecule has 23 heavy (non-hydrogen) atoms. The fourth-order valence-electron chi connectivity index (χ4n) is 2.39. The molecule has 0 unspecified atom stereocenters. The number of benzene rings is 1. The number of hydrogen-bond acceptors (Lipinski definition) is 5. The van der Waals surface area contributed by atoms with Gasteiger partial charge < -0.3 is 0 Å². The Morgan fingerprint density at radius 2 is 2.17 bits per heavy atom. The molecule has 0 fully saturated rings. The van der Waals surface area contributed by atoms with E-state index in [2.05, 4.69) is 32.2 Å². The Morgan fingerprint density at radius 3 is 3.00 bits per heavy atom. The standard InChI is InChI=1S/C15H14N6OSe/c1-2-7-16-12-11-13(18-8-17-11)20-15(19-12)21-14(22)9-5-3-4-6-10(9)23-21/h3-6,8H,2,7H2,1H3,(H2,16,17,18,19,20). The molecule has 0 aliphatic heterocycles. The summed E-state index contributed by atoms with van der Waals surface area (Å²) in [6, 6.07) is 7.66. The van der Waals surface area contributed by atoms with Crippen LogP contribution in [0.1, 0.15) is 13.3 Å². The third-order valence-corrected chi connectivity index (χ3v) is 5.72. The first kappa shape index (κ1) is 14.2. The molecule has 116 valence electrons. The zero-order valence-electron chi connectivity index (χ0n) is 12.4. The number of rotatable bonds is 4. The van der Waals surface area contributed by atoms with Gasteiger partial charge in [0.1, 0.15) is 0 Å². The van der Waals surface area contributed by atoms with Gasteiger partial charge in [-0.25, -0.2) is 0 Å². The summed E-state index contributed by atoms with van der Waals surface area (Å²) in [5.74, 6) is 1.09. The molecule has 0 aliphatic rings. The molecule has 0 amide bonds. The number of H-pyrrole nitrogens is 1. The topological polar surface area (TPSA) is 88.5 Å². The van der Waals surface area contributed by atoms with E-state index in [1.54, 1.807) is 9.89 Å². The van der Waals surface area contributed by atoms with Crippen LogP contribution in [0.25, 0.3) is 26.8 Å². The van der Waals surface area contributed by atoms with Crippen molar-refractivity contribution >= 4 is 41.4 Å². The first-order valence-corrected chi connectivity index (χ1v) is 8.96. The molecule has 4 aromatic rings. The van der Waals surface area contributed by atoms with Crippen molar-refractivity contribution in [3.05, 3.63) is 40.9 Å². The zero-order chi connectivity index (χ0) is 15.8. The summed E-state index contributed by atoms with van der Waals surface area (Å²) in [7, 11) is 0. The number of hydrogen-bond donors (Lipinski definition) is 2. The summed E-state index contributed by atoms with van der Waals surface area (Å²) in [6.07, 6.45) is 2.57. The quantitative estimate of drug-likeness (QED) is 0.530. The number of aromatic nitrogens is 5. The summed E-state index contributed by atoms with van der Waals surface area (Å²) in [5.41, 5.74) is 1.28. The number of nitrogens with one attached hydrogen (secondary N) is 2. The molecular formula is C15H14N6OSe. The molecule has 8 heteroatoms. The monoisotopic (exact) mass is 374 g/mol. The van der Waals surface area contributed by atoms with E-state index in [0.717, 1.165) is 28.1 Å². The van der Waals surface area contributed by atoms with E-state index in [1.807, 2.05) is 24.3 Å². The number of aromatic amines is 1. The second-order valence-corrected chi connectivity index (χ2v) is 7.16. The average Bonchev–Trinajstić information content (AvgIpc) is 3.17. The van der Waals surface area contributed by atoms with Crippen molar-refractivity contribution in [2.75, 3.05) is 11.9 Å². The number of imidazole rings is 1. The molecule has 0 spiro atoms. The van der Waals surface area contributed by atoms with Gasteiger partial charge in [0, 0.05) is 0 Å². The molecule has 0 atom stereocenters. The van der Waals surface area contributed by atoms with Crippen LogP contribution in [-0.4, -0.2) is 44.8 Å². The molecule has 3 heterocycles. The normalized spacial score (nSPS) is 11.3. The Bertz CT molecular complexity index is 1050. The molecule has 2 N–H and O–H groups in total. The first-order valence-electron chi connectivity index (χ1n) is 7.34. The molecule has 7 nitrogen and oxygen atoms in total. The van der Waals surface area contributed by atoms with Crippen molar-refractivity contribution in [2.24, 2.45) is 0 Å². The van der Waals surface area contributed by atoms with Crippen LogP contribution in [0.2, 0.25) is 0 Å². The zero-order valence-corrected chi connectivity index (χ0v) is 14.1. The maximum absolute atomic E-state index is 12.6. The average molecular weight is 373 g/mol. The van der Waals surface area contributed by atoms with Crippen LogP contribution in [0, 0.1) is 0 Å². The van der Waals surface area contributed by atoms with Crippen LogP contribution in [0.5, 0.6) is 0 Å². The van der Waals surface area contributed by atoms with Gasteiger partial charge in [-0.05, 0) is 0 Å². The third kappa shape index (κ3) is 2.36. The predicted octanol–water partition coefficient (Wildman–Crippen LogP) is 1.54. The number of nitrogens with zero attached hydrogens (tertiary/aromatic N) is 4. The van der Waals surface area contributed by atoms with Gasteiger partial charge in [-0.1, -0.05) is 0 Å². The van der Waals surface area contributed by atoms with Crippen molar-refractivity contribution in [3.8, 4) is 5.95 Å². The Kier molecular flexibility index (Phi) is 3.48. The summed E-state index contributed by atoms with van der Waals surface area (Å²) in [4.78, 5) is 28.9.